The van der Waals surface area contributed by atoms with Crippen LogP contribution in [0.25, 0.3) is 0 Å². The van der Waals surface area contributed by atoms with Gasteiger partial charge in [0.25, 0.3) is 5.56 Å². The number of aromatic nitrogens is 2. The number of nitrogens with zero attached hydrogens (tertiary/aromatic N) is 1. The fraction of sp³-hybridized carbons (Fsp3) is 0.692. The van der Waals surface area contributed by atoms with Crippen LogP contribution in [-0.2, 0) is 9.47 Å². The summed E-state index contributed by atoms with van der Waals surface area (Å²) in [5, 5.41) is 29.2. The molecular formula is C13H19N3O7. The molecule has 2 aliphatic rings. The van der Waals surface area contributed by atoms with Crippen molar-refractivity contribution in [2.45, 2.75) is 24.4 Å². The molecule has 0 spiro atoms. The molecule has 0 unspecified atom stereocenters. The molecule has 0 radical (unpaired) electrons. The number of aliphatic hydroxyl groups excluding tert-OH is 3. The van der Waals surface area contributed by atoms with Crippen LogP contribution in [0.2, 0.25) is 0 Å². The summed E-state index contributed by atoms with van der Waals surface area (Å²) in [7, 11) is 0. The summed E-state index contributed by atoms with van der Waals surface area (Å²) in [6.45, 7) is 1.29. The molecule has 2 aliphatic heterocycles. The quantitative estimate of drug-likeness (QED) is 0.395. The Kier molecular flexibility index (Phi) is 4.50. The number of nitrogens with one attached hydrogen (secondary N) is 2. The molecule has 10 heteroatoms. The third-order valence-electron chi connectivity index (χ3n) is 4.11. The fourth-order valence-corrected chi connectivity index (χ4v) is 2.92. The smallest absolute Gasteiger partial charge is 0.327 e. The van der Waals surface area contributed by atoms with E-state index in [4.69, 9.17) is 9.47 Å². The molecule has 0 bridgehead atoms. The molecule has 0 aromatic carbocycles. The standard InChI is InChI=1S/C13H19N3O7/c17-5-6-8(18)9(19)10(23-6)7-11(14-13(21)15-12(7)20)16-1-3-22-4-2-16/h6,8-10,17-19H,1-5H2,(H2,14,15,20,21)/t6-,8-,9-,10+/m1/s1. The van der Waals surface area contributed by atoms with E-state index in [2.05, 4.69) is 9.97 Å². The molecule has 3 heterocycles. The molecule has 3 rings (SSSR count). The molecular weight excluding hydrogens is 310 g/mol. The molecule has 1 aromatic rings. The number of aliphatic hydroxyl groups is 3. The summed E-state index contributed by atoms with van der Waals surface area (Å²) in [5.74, 6) is 0.233. The van der Waals surface area contributed by atoms with Crippen molar-refractivity contribution in [2.75, 3.05) is 37.8 Å². The molecule has 128 valence electrons. The van der Waals surface area contributed by atoms with E-state index in [0.717, 1.165) is 0 Å². The Bertz CT molecular complexity index is 666. The molecule has 23 heavy (non-hydrogen) atoms. The summed E-state index contributed by atoms with van der Waals surface area (Å²) in [4.78, 5) is 30.3. The first-order valence-electron chi connectivity index (χ1n) is 7.34. The lowest BCUT2D eigenvalue weighted by molar-refractivity contribution is -0.0231. The lowest BCUT2D eigenvalue weighted by Gasteiger charge is -2.30. The van der Waals surface area contributed by atoms with E-state index in [1.807, 2.05) is 0 Å². The Morgan fingerprint density at radius 1 is 1.13 bits per heavy atom. The van der Waals surface area contributed by atoms with Gasteiger partial charge in [-0.1, -0.05) is 0 Å². The molecule has 0 aliphatic carbocycles. The highest BCUT2D eigenvalue weighted by molar-refractivity contribution is 5.48. The topological polar surface area (TPSA) is 148 Å². The van der Waals surface area contributed by atoms with Crippen molar-refractivity contribution in [1.29, 1.82) is 0 Å². The Morgan fingerprint density at radius 2 is 1.83 bits per heavy atom. The van der Waals surface area contributed by atoms with E-state index in [0.29, 0.717) is 26.3 Å². The second-order valence-corrected chi connectivity index (χ2v) is 5.53. The van der Waals surface area contributed by atoms with E-state index >= 15 is 0 Å². The van der Waals surface area contributed by atoms with Crippen molar-refractivity contribution >= 4 is 5.82 Å². The minimum absolute atomic E-state index is 0.0222. The maximum Gasteiger partial charge on any atom is 0.327 e. The second-order valence-electron chi connectivity index (χ2n) is 5.53. The van der Waals surface area contributed by atoms with Gasteiger partial charge in [-0.3, -0.25) is 14.8 Å². The van der Waals surface area contributed by atoms with Gasteiger partial charge in [-0.2, -0.15) is 0 Å². The summed E-state index contributed by atoms with van der Waals surface area (Å²) in [6.07, 6.45) is -4.87. The SMILES string of the molecule is O=c1[nH]c(N2CCOCC2)c([C@@H]2O[C@H](CO)[C@@H](O)[C@H]2O)c(=O)[nH]1. The summed E-state index contributed by atoms with van der Waals surface area (Å²) < 4.78 is 10.7. The highest BCUT2D eigenvalue weighted by Crippen LogP contribution is 2.35. The predicted octanol–water partition coefficient (Wildman–Crippen LogP) is -2.95. The van der Waals surface area contributed by atoms with E-state index in [-0.39, 0.29) is 11.4 Å². The lowest BCUT2D eigenvalue weighted by atomic mass is 10.0. The van der Waals surface area contributed by atoms with Crippen LogP contribution in [0.5, 0.6) is 0 Å². The number of ether oxygens (including phenoxy) is 2. The Labute approximate surface area is 130 Å². The molecule has 1 aromatic heterocycles. The van der Waals surface area contributed by atoms with Gasteiger partial charge in [0.1, 0.15) is 30.2 Å². The average molecular weight is 329 g/mol. The van der Waals surface area contributed by atoms with Crippen LogP contribution in [0, 0.1) is 0 Å². The molecule has 0 saturated carbocycles. The average Bonchev–Trinajstić information content (AvgIpc) is 2.83. The fourth-order valence-electron chi connectivity index (χ4n) is 2.92. The molecule has 2 fully saturated rings. The van der Waals surface area contributed by atoms with Crippen LogP contribution in [0.3, 0.4) is 0 Å². The van der Waals surface area contributed by atoms with Crippen LogP contribution in [0.15, 0.2) is 9.59 Å². The number of hydrogen-bond donors (Lipinski definition) is 5. The van der Waals surface area contributed by atoms with Crippen LogP contribution < -0.4 is 16.1 Å². The van der Waals surface area contributed by atoms with E-state index in [1.165, 1.54) is 0 Å². The largest absolute Gasteiger partial charge is 0.394 e. The Hall–Kier alpha value is -1.72. The highest BCUT2D eigenvalue weighted by atomic mass is 16.6. The first-order valence-corrected chi connectivity index (χ1v) is 7.34. The third kappa shape index (κ3) is 2.91. The lowest BCUT2D eigenvalue weighted by Crippen LogP contribution is -2.42. The zero-order valence-electron chi connectivity index (χ0n) is 12.3. The Morgan fingerprint density at radius 3 is 2.43 bits per heavy atom. The maximum atomic E-state index is 12.3. The minimum atomic E-state index is -1.39. The van der Waals surface area contributed by atoms with Crippen LogP contribution in [0.1, 0.15) is 11.7 Å². The van der Waals surface area contributed by atoms with E-state index < -0.39 is 42.3 Å². The molecule has 4 atom stereocenters. The van der Waals surface area contributed by atoms with E-state index in [9.17, 15) is 24.9 Å². The number of aromatic amines is 2. The number of H-pyrrole nitrogens is 2. The molecule has 2 saturated heterocycles. The minimum Gasteiger partial charge on any atom is -0.394 e. The number of hydrogen-bond acceptors (Lipinski definition) is 8. The van der Waals surface area contributed by atoms with Crippen molar-refractivity contribution in [3.8, 4) is 0 Å². The van der Waals surface area contributed by atoms with Gasteiger partial charge >= 0.3 is 5.69 Å². The van der Waals surface area contributed by atoms with Gasteiger partial charge in [0, 0.05) is 13.1 Å². The van der Waals surface area contributed by atoms with Crippen LogP contribution >= 0.6 is 0 Å². The molecule has 10 nitrogen and oxygen atoms in total. The number of rotatable bonds is 3. The first-order chi connectivity index (χ1) is 11.0. The van der Waals surface area contributed by atoms with Gasteiger partial charge < -0.3 is 29.7 Å². The summed E-state index contributed by atoms with van der Waals surface area (Å²) in [6, 6.07) is 0. The number of anilines is 1. The van der Waals surface area contributed by atoms with Gasteiger partial charge in [-0.25, -0.2) is 4.79 Å². The van der Waals surface area contributed by atoms with Gasteiger partial charge in [-0.05, 0) is 0 Å². The van der Waals surface area contributed by atoms with Crippen molar-refractivity contribution < 1.29 is 24.8 Å². The van der Waals surface area contributed by atoms with Crippen molar-refractivity contribution in [3.63, 3.8) is 0 Å². The van der Waals surface area contributed by atoms with Gasteiger partial charge in [0.15, 0.2) is 0 Å². The normalized spacial score (nSPS) is 31.5. The highest BCUT2D eigenvalue weighted by Gasteiger charge is 2.45. The van der Waals surface area contributed by atoms with Crippen molar-refractivity contribution in [1.82, 2.24) is 9.97 Å². The van der Waals surface area contributed by atoms with Crippen molar-refractivity contribution in [2.24, 2.45) is 0 Å². The predicted molar refractivity (Wildman–Crippen MR) is 77.4 cm³/mol. The summed E-state index contributed by atoms with van der Waals surface area (Å²) >= 11 is 0. The van der Waals surface area contributed by atoms with Crippen molar-refractivity contribution in [3.05, 3.63) is 26.4 Å². The first kappa shape index (κ1) is 16.1. The van der Waals surface area contributed by atoms with Gasteiger partial charge in [0.2, 0.25) is 0 Å². The van der Waals surface area contributed by atoms with E-state index in [1.54, 1.807) is 4.90 Å². The third-order valence-corrected chi connectivity index (χ3v) is 4.11. The molecule has 5 N–H and O–H groups in total. The monoisotopic (exact) mass is 329 g/mol. The summed E-state index contributed by atoms with van der Waals surface area (Å²) in [5.41, 5.74) is -1.36. The zero-order valence-corrected chi connectivity index (χ0v) is 12.3. The second kappa shape index (κ2) is 6.42. The van der Waals surface area contributed by atoms with Gasteiger partial charge in [0.05, 0.1) is 25.4 Å². The zero-order chi connectivity index (χ0) is 16.6. The maximum absolute atomic E-state index is 12.3. The number of morpholine rings is 1. The Balaban J connectivity index is 2.04. The van der Waals surface area contributed by atoms with Crippen LogP contribution in [0.4, 0.5) is 5.82 Å². The molecule has 0 amide bonds. The van der Waals surface area contributed by atoms with Crippen LogP contribution in [-0.4, -0.2) is 76.5 Å². The van der Waals surface area contributed by atoms with Gasteiger partial charge in [-0.15, -0.1) is 0 Å².